The average Bonchev–Trinajstić information content (AvgIpc) is 3.82. The van der Waals surface area contributed by atoms with E-state index in [9.17, 15) is 0 Å². The van der Waals surface area contributed by atoms with Crippen LogP contribution in [-0.4, -0.2) is 20.6 Å². The van der Waals surface area contributed by atoms with Crippen LogP contribution in [0.4, 0.5) is 0 Å². The van der Waals surface area contributed by atoms with Gasteiger partial charge >= 0.3 is 0 Å². The Balaban J connectivity index is 1.03. The van der Waals surface area contributed by atoms with E-state index in [0.29, 0.717) is 5.82 Å². The largest absolute Gasteiger partial charge is 0.485 e. The van der Waals surface area contributed by atoms with Crippen molar-refractivity contribution in [2.24, 2.45) is 0 Å². The van der Waals surface area contributed by atoms with Crippen molar-refractivity contribution in [1.82, 2.24) is 14.5 Å². The van der Waals surface area contributed by atoms with Crippen molar-refractivity contribution in [3.05, 3.63) is 212 Å². The summed E-state index contributed by atoms with van der Waals surface area (Å²) in [7, 11) is 0. The Morgan fingerprint density at radius 3 is 1.52 bits per heavy atom. The minimum absolute atomic E-state index is 0.0236. The van der Waals surface area contributed by atoms with Crippen molar-refractivity contribution in [2.75, 3.05) is 0 Å². The predicted molar refractivity (Wildman–Crippen MR) is 229 cm³/mol. The van der Waals surface area contributed by atoms with Crippen LogP contribution in [0.5, 0.6) is 5.75 Å². The molecule has 0 spiro atoms. The van der Waals surface area contributed by atoms with Gasteiger partial charge in [0.05, 0.1) is 28.1 Å². The third-order valence-corrected chi connectivity index (χ3v) is 11.2. The summed E-state index contributed by atoms with van der Waals surface area (Å²) in [6, 6.07) is 64.2. The van der Waals surface area contributed by atoms with Crippen LogP contribution in [0.3, 0.4) is 0 Å². The van der Waals surface area contributed by atoms with Gasteiger partial charge in [0.25, 0.3) is 0 Å². The van der Waals surface area contributed by atoms with E-state index >= 15 is 0 Å². The molecule has 7 aromatic carbocycles. The Labute approximate surface area is 325 Å². The monoisotopic (exact) mass is 717 g/mol. The van der Waals surface area contributed by atoms with Crippen LogP contribution in [0.15, 0.2) is 200 Å². The van der Waals surface area contributed by atoms with E-state index < -0.39 is 0 Å². The second kappa shape index (κ2) is 13.2. The lowest BCUT2D eigenvalue weighted by Gasteiger charge is -2.20. The molecule has 56 heavy (non-hydrogen) atoms. The van der Waals surface area contributed by atoms with Gasteiger partial charge in [0.2, 0.25) is 0 Å². The van der Waals surface area contributed by atoms with Crippen LogP contribution in [0.2, 0.25) is 0 Å². The summed E-state index contributed by atoms with van der Waals surface area (Å²) in [6.07, 6.45) is 6.47. The number of ether oxygens (including phenoxy) is 1. The molecule has 2 aromatic heterocycles. The quantitative estimate of drug-likeness (QED) is 0.172. The van der Waals surface area contributed by atoms with Gasteiger partial charge in [0.15, 0.2) is 5.82 Å². The topological polar surface area (TPSA) is 39.9 Å². The summed E-state index contributed by atoms with van der Waals surface area (Å²) in [4.78, 5) is 10.2. The maximum absolute atomic E-state index is 6.81. The van der Waals surface area contributed by atoms with E-state index in [1.54, 1.807) is 0 Å². The highest BCUT2D eigenvalue weighted by atomic mass is 16.5. The smallest absolute Gasteiger partial charge is 0.160 e. The molecular weight excluding hydrogens is 683 g/mol. The molecular formula is C52H35N3O. The van der Waals surface area contributed by atoms with E-state index in [0.717, 1.165) is 50.6 Å². The molecule has 4 heteroatoms. The molecule has 2 aliphatic rings. The fourth-order valence-corrected chi connectivity index (χ4v) is 8.47. The molecule has 0 saturated carbocycles. The first kappa shape index (κ1) is 32.2. The van der Waals surface area contributed by atoms with Crippen molar-refractivity contribution in [2.45, 2.75) is 12.0 Å². The maximum Gasteiger partial charge on any atom is 0.160 e. The fraction of sp³-hybridized carbons (Fsp3) is 0.0385. The molecule has 264 valence electrons. The highest BCUT2D eigenvalue weighted by Crippen LogP contribution is 2.48. The second-order valence-electron chi connectivity index (χ2n) is 14.5. The number of hydrogen-bond acceptors (Lipinski definition) is 3. The normalized spacial score (nSPS) is 15.7. The van der Waals surface area contributed by atoms with E-state index in [4.69, 9.17) is 14.7 Å². The van der Waals surface area contributed by atoms with Gasteiger partial charge in [-0.15, -0.1) is 0 Å². The summed E-state index contributed by atoms with van der Waals surface area (Å²) in [5.41, 5.74) is 14.3. The minimum Gasteiger partial charge on any atom is -0.485 e. The number of hydrogen-bond donors (Lipinski definition) is 0. The van der Waals surface area contributed by atoms with Crippen LogP contribution >= 0.6 is 0 Å². The summed E-state index contributed by atoms with van der Waals surface area (Å²) < 4.78 is 9.25. The lowest BCUT2D eigenvalue weighted by molar-refractivity contribution is 0.269. The summed E-state index contributed by atoms with van der Waals surface area (Å²) in [5, 5.41) is 2.44. The van der Waals surface area contributed by atoms with Crippen LogP contribution in [0, 0.1) is 0 Å². The first-order valence-corrected chi connectivity index (χ1v) is 19.1. The molecule has 0 fully saturated rings. The first-order valence-electron chi connectivity index (χ1n) is 19.1. The van der Waals surface area contributed by atoms with E-state index in [2.05, 4.69) is 168 Å². The Bertz CT molecular complexity index is 2830. The molecule has 0 amide bonds. The molecule has 0 saturated heterocycles. The molecule has 11 rings (SSSR count). The zero-order valence-corrected chi connectivity index (χ0v) is 30.5. The lowest BCUT2D eigenvalue weighted by atomic mass is 9.88. The third kappa shape index (κ3) is 5.46. The maximum atomic E-state index is 6.81. The number of benzene rings is 7. The van der Waals surface area contributed by atoms with E-state index in [1.807, 2.05) is 36.4 Å². The highest BCUT2D eigenvalue weighted by Gasteiger charge is 2.37. The first-order chi connectivity index (χ1) is 27.7. The molecule has 4 nitrogen and oxygen atoms in total. The molecule has 1 aliphatic heterocycles. The van der Waals surface area contributed by atoms with Crippen LogP contribution in [0.25, 0.3) is 77.8 Å². The molecule has 9 aromatic rings. The van der Waals surface area contributed by atoms with Crippen LogP contribution in [-0.2, 0) is 0 Å². The number of aromatic nitrogens is 3. The van der Waals surface area contributed by atoms with Gasteiger partial charge < -0.3 is 9.30 Å². The third-order valence-electron chi connectivity index (χ3n) is 11.2. The van der Waals surface area contributed by atoms with Gasteiger partial charge in [-0.2, -0.15) is 0 Å². The van der Waals surface area contributed by atoms with Crippen molar-refractivity contribution in [3.63, 3.8) is 0 Å². The lowest BCUT2D eigenvalue weighted by Crippen LogP contribution is -2.18. The van der Waals surface area contributed by atoms with Gasteiger partial charge in [-0.05, 0) is 70.8 Å². The van der Waals surface area contributed by atoms with Gasteiger partial charge in [0.1, 0.15) is 11.9 Å². The Morgan fingerprint density at radius 2 is 0.982 bits per heavy atom. The second-order valence-corrected chi connectivity index (χ2v) is 14.5. The molecule has 0 N–H and O–H groups in total. The Morgan fingerprint density at radius 1 is 0.464 bits per heavy atom. The number of rotatable bonds is 6. The Kier molecular flexibility index (Phi) is 7.59. The number of nitrogens with zero attached hydrogens (tertiary/aromatic N) is 3. The van der Waals surface area contributed by atoms with Crippen LogP contribution < -0.4 is 4.74 Å². The molecule has 2 unspecified atom stereocenters. The summed E-state index contributed by atoms with van der Waals surface area (Å²) in [5.74, 6) is 1.61. The summed E-state index contributed by atoms with van der Waals surface area (Å²) in [6.45, 7) is 0. The summed E-state index contributed by atoms with van der Waals surface area (Å²) >= 11 is 0. The zero-order valence-electron chi connectivity index (χ0n) is 30.5. The molecule has 0 radical (unpaired) electrons. The minimum atomic E-state index is -0.197. The van der Waals surface area contributed by atoms with E-state index in [1.165, 1.54) is 38.6 Å². The highest BCUT2D eigenvalue weighted by molar-refractivity contribution is 6.12. The SMILES string of the molecule is C1=CC2c3c(cccc3-n3c4ccc(-c5ccccc5)cc4c4cc(-c5ccccc5)ccc43)OC2C=C1c1nc(-c2ccccc2)cc(-c2ccccc2)n1. The van der Waals surface area contributed by atoms with Gasteiger partial charge in [0, 0.05) is 39.0 Å². The molecule has 1 aliphatic carbocycles. The molecule has 3 heterocycles. The predicted octanol–water partition coefficient (Wildman–Crippen LogP) is 12.7. The fourth-order valence-electron chi connectivity index (χ4n) is 8.47. The van der Waals surface area contributed by atoms with Crippen molar-refractivity contribution < 1.29 is 4.74 Å². The zero-order chi connectivity index (χ0) is 37.0. The average molecular weight is 718 g/mol. The van der Waals surface area contributed by atoms with Gasteiger partial charge in [-0.1, -0.05) is 152 Å². The van der Waals surface area contributed by atoms with E-state index in [-0.39, 0.29) is 12.0 Å². The van der Waals surface area contributed by atoms with Crippen molar-refractivity contribution in [3.8, 4) is 56.2 Å². The van der Waals surface area contributed by atoms with Crippen molar-refractivity contribution >= 4 is 27.4 Å². The number of fused-ring (bicyclic) bond motifs is 6. The molecule has 0 bridgehead atoms. The van der Waals surface area contributed by atoms with Crippen molar-refractivity contribution in [1.29, 1.82) is 0 Å². The van der Waals surface area contributed by atoms with Gasteiger partial charge in [-0.25, -0.2) is 9.97 Å². The van der Waals surface area contributed by atoms with Gasteiger partial charge in [-0.3, -0.25) is 0 Å². The number of allylic oxidation sites excluding steroid dienone is 2. The molecule has 2 atom stereocenters. The van der Waals surface area contributed by atoms with Crippen LogP contribution in [0.1, 0.15) is 17.3 Å². The Hall–Kier alpha value is -7.30. The standard InChI is InChI=1S/C52H35N3O/c1-5-14-34(15-6-1)38-25-28-46-42(30-38)43-31-39(35-16-7-2-8-17-35)26-29-47(43)55(46)48-22-13-23-49-51(48)41-27-24-40(32-50(41)56-49)52-53-44(36-18-9-3-10-19-36)33-45(54-52)37-20-11-4-12-21-37/h1-33,41,50H.